The van der Waals surface area contributed by atoms with Crippen LogP contribution < -0.4 is 0 Å². The molecule has 0 amide bonds. The fourth-order valence-electron chi connectivity index (χ4n) is 6.47. The SMILES string of the molecule is CC(C)c1ccc(C(C)C)c(F)c1.CC(C)c1ccc(C(C)C)c(F)c1.CC(C)c1ccc(C(C)C)c(F)c1F.CC(C)c1ccc(C(C)C)cc1.CC(C)c1ccc(C(C)C)s1. The summed E-state index contributed by atoms with van der Waals surface area (Å²) in [4.78, 5) is 3.02. The van der Waals surface area contributed by atoms with Crippen LogP contribution in [0.25, 0.3) is 0 Å². The van der Waals surface area contributed by atoms with Gasteiger partial charge in [0.2, 0.25) is 0 Å². The normalized spacial score (nSPS) is 11.3. The molecule has 350 valence electrons. The zero-order valence-electron chi connectivity index (χ0n) is 42.8. The molecule has 0 atom stereocenters. The van der Waals surface area contributed by atoms with Crippen LogP contribution in [-0.2, 0) is 0 Å². The van der Waals surface area contributed by atoms with Crippen molar-refractivity contribution in [1.29, 1.82) is 0 Å². The Labute approximate surface area is 387 Å². The van der Waals surface area contributed by atoms with Crippen molar-refractivity contribution in [2.75, 3.05) is 0 Å². The van der Waals surface area contributed by atoms with Gasteiger partial charge in [-0.05, 0) is 128 Å². The Balaban J connectivity index is 0.000000395. The molecule has 4 aromatic carbocycles. The van der Waals surface area contributed by atoms with E-state index in [9.17, 15) is 17.6 Å². The Morgan fingerprint density at radius 2 is 0.508 bits per heavy atom. The van der Waals surface area contributed by atoms with Crippen LogP contribution in [-0.4, -0.2) is 0 Å². The Morgan fingerprint density at radius 1 is 0.270 bits per heavy atom. The van der Waals surface area contributed by atoms with Crippen LogP contribution in [0.4, 0.5) is 17.6 Å². The molecule has 0 aliphatic rings. The number of hydrogen-bond donors (Lipinski definition) is 0. The van der Waals surface area contributed by atoms with Crippen molar-refractivity contribution in [2.24, 2.45) is 0 Å². The zero-order chi connectivity index (χ0) is 48.5. The Hall–Kier alpha value is -3.70. The van der Waals surface area contributed by atoms with Gasteiger partial charge in [0.25, 0.3) is 0 Å². The van der Waals surface area contributed by atoms with Gasteiger partial charge in [-0.25, -0.2) is 17.6 Å². The van der Waals surface area contributed by atoms with Crippen LogP contribution in [0.1, 0.15) is 252 Å². The molecule has 5 heteroatoms. The fourth-order valence-corrected chi connectivity index (χ4v) is 7.48. The van der Waals surface area contributed by atoms with Crippen molar-refractivity contribution >= 4 is 11.3 Å². The fraction of sp³-hybridized carbons (Fsp3) is 0.517. The maximum Gasteiger partial charge on any atom is 0.162 e. The first kappa shape index (κ1) is 57.3. The molecule has 0 nitrogen and oxygen atoms in total. The van der Waals surface area contributed by atoms with Crippen LogP contribution in [0.15, 0.2) is 84.9 Å². The first-order chi connectivity index (χ1) is 29.2. The second-order valence-electron chi connectivity index (χ2n) is 19.9. The van der Waals surface area contributed by atoms with Gasteiger partial charge in [0.1, 0.15) is 11.6 Å². The van der Waals surface area contributed by atoms with E-state index in [0.29, 0.717) is 46.6 Å². The number of benzene rings is 4. The molecule has 0 aliphatic heterocycles. The molecule has 0 aliphatic carbocycles. The second-order valence-corrected chi connectivity index (χ2v) is 21.0. The highest BCUT2D eigenvalue weighted by Gasteiger charge is 2.17. The summed E-state index contributed by atoms with van der Waals surface area (Å²) in [7, 11) is 0. The molecule has 5 aromatic rings. The highest BCUT2D eigenvalue weighted by molar-refractivity contribution is 7.12. The minimum Gasteiger partial charge on any atom is -0.207 e. The predicted octanol–water partition coefficient (Wildman–Crippen LogP) is 20.3. The molecule has 63 heavy (non-hydrogen) atoms. The highest BCUT2D eigenvalue weighted by Crippen LogP contribution is 2.30. The van der Waals surface area contributed by atoms with Crippen molar-refractivity contribution in [2.45, 2.75) is 198 Å². The molecule has 0 fully saturated rings. The quantitative estimate of drug-likeness (QED) is 0.123. The van der Waals surface area contributed by atoms with Gasteiger partial charge in [-0.1, -0.05) is 199 Å². The maximum absolute atomic E-state index is 13.5. The minimum atomic E-state index is -0.689. The number of thiophene rings is 1. The van der Waals surface area contributed by atoms with Gasteiger partial charge in [0.05, 0.1) is 0 Å². The van der Waals surface area contributed by atoms with E-state index in [0.717, 1.165) is 22.3 Å². The van der Waals surface area contributed by atoms with E-state index in [2.05, 4.69) is 119 Å². The van der Waals surface area contributed by atoms with Gasteiger partial charge in [-0.15, -0.1) is 11.3 Å². The lowest BCUT2D eigenvalue weighted by Crippen LogP contribution is -2.02. The molecule has 0 radical (unpaired) electrons. The minimum absolute atomic E-state index is 0.0192. The zero-order valence-corrected chi connectivity index (χ0v) is 43.6. The summed E-state index contributed by atoms with van der Waals surface area (Å²) in [6.45, 7) is 41.6. The third-order valence-corrected chi connectivity index (χ3v) is 12.8. The van der Waals surface area contributed by atoms with Crippen molar-refractivity contribution in [3.8, 4) is 0 Å². The molecule has 0 spiro atoms. The largest absolute Gasteiger partial charge is 0.207 e. The maximum atomic E-state index is 13.5. The van der Waals surface area contributed by atoms with Crippen LogP contribution in [0.3, 0.4) is 0 Å². The second kappa shape index (κ2) is 27.6. The van der Waals surface area contributed by atoms with Gasteiger partial charge >= 0.3 is 0 Å². The van der Waals surface area contributed by atoms with Crippen LogP contribution in [0.5, 0.6) is 0 Å². The molecule has 1 aromatic heterocycles. The highest BCUT2D eigenvalue weighted by atomic mass is 32.1. The van der Waals surface area contributed by atoms with E-state index in [1.807, 2.05) is 91.0 Å². The van der Waals surface area contributed by atoms with Gasteiger partial charge in [-0.2, -0.15) is 0 Å². The van der Waals surface area contributed by atoms with E-state index in [1.165, 1.54) is 20.9 Å². The topological polar surface area (TPSA) is 0 Å². The van der Waals surface area contributed by atoms with Gasteiger partial charge in [0, 0.05) is 9.75 Å². The molecule has 0 unspecified atom stereocenters. The Kier molecular flexibility index (Phi) is 25.1. The van der Waals surface area contributed by atoms with E-state index >= 15 is 0 Å². The predicted molar refractivity (Wildman–Crippen MR) is 271 cm³/mol. The van der Waals surface area contributed by atoms with E-state index in [-0.39, 0.29) is 35.3 Å². The third kappa shape index (κ3) is 19.1. The molecule has 5 rings (SSSR count). The summed E-state index contributed by atoms with van der Waals surface area (Å²) in [5.41, 5.74) is 7.52. The smallest absolute Gasteiger partial charge is 0.162 e. The molecule has 1 heterocycles. The van der Waals surface area contributed by atoms with Crippen molar-refractivity contribution in [3.63, 3.8) is 0 Å². The molecular weight excluding hydrogens is 805 g/mol. The van der Waals surface area contributed by atoms with E-state index in [4.69, 9.17) is 0 Å². The lowest BCUT2D eigenvalue weighted by Gasteiger charge is -2.12. The average molecular weight is 889 g/mol. The summed E-state index contributed by atoms with van der Waals surface area (Å²) < 4.78 is 53.9. The van der Waals surface area contributed by atoms with Crippen molar-refractivity contribution < 1.29 is 17.6 Å². The summed E-state index contributed by atoms with van der Waals surface area (Å²) in [5, 5.41) is 0. The summed E-state index contributed by atoms with van der Waals surface area (Å²) in [5.74, 6) is 2.52. The van der Waals surface area contributed by atoms with Gasteiger partial charge in [0.15, 0.2) is 11.6 Å². The van der Waals surface area contributed by atoms with Crippen LogP contribution in [0.2, 0.25) is 0 Å². The van der Waals surface area contributed by atoms with Crippen LogP contribution in [0, 0.1) is 23.3 Å². The lowest BCUT2D eigenvalue weighted by atomic mass is 9.96. The number of rotatable bonds is 10. The average Bonchev–Trinajstić information content (AvgIpc) is 3.71. The first-order valence-corrected chi connectivity index (χ1v) is 24.3. The molecular formula is C58H84F4S. The van der Waals surface area contributed by atoms with Gasteiger partial charge < -0.3 is 0 Å². The first-order valence-electron chi connectivity index (χ1n) is 23.5. The Bertz CT molecular complexity index is 1900. The molecule has 0 saturated carbocycles. The number of hydrogen-bond acceptors (Lipinski definition) is 1. The molecule has 0 bridgehead atoms. The molecule has 0 N–H and O–H groups in total. The van der Waals surface area contributed by atoms with E-state index in [1.54, 1.807) is 24.3 Å². The molecule has 0 saturated heterocycles. The summed E-state index contributed by atoms with van der Waals surface area (Å²) in [6.07, 6.45) is 0. The lowest BCUT2D eigenvalue weighted by molar-refractivity contribution is 0.480. The van der Waals surface area contributed by atoms with Crippen molar-refractivity contribution in [1.82, 2.24) is 0 Å². The van der Waals surface area contributed by atoms with Gasteiger partial charge in [-0.3, -0.25) is 0 Å². The Morgan fingerprint density at radius 3 is 0.698 bits per heavy atom. The van der Waals surface area contributed by atoms with E-state index < -0.39 is 11.6 Å². The monoisotopic (exact) mass is 889 g/mol. The van der Waals surface area contributed by atoms with Crippen molar-refractivity contribution in [3.05, 3.63) is 162 Å². The van der Waals surface area contributed by atoms with Crippen LogP contribution >= 0.6 is 11.3 Å². The third-order valence-electron chi connectivity index (χ3n) is 11.1. The summed E-state index contributed by atoms with van der Waals surface area (Å²) >= 11 is 1.95. The number of halogens is 4. The summed E-state index contributed by atoms with van der Waals surface area (Å²) in [6, 6.07) is 27.9. The standard InChI is InChI=1S/C12H16F2.2C12H17F.C12H18.C10H16S/c1-7(2)9-5-6-10(8(3)4)12(14)11(9)13;2*1-8(2)10-5-6-11(9(3)4)12(13)7-10;1-9(2)11-5-7-12(8-6-11)10(3)4;1-7(2)9-5-6-10(11-9)8(3)4/h5-8H,1-4H3;2*5-9H,1-4H3;5-10H,1-4H3;5-8H,1-4H3.